The Balaban J connectivity index is 2.46. The third-order valence-corrected chi connectivity index (χ3v) is 4.73. The molecule has 0 saturated heterocycles. The van der Waals surface area contributed by atoms with Gasteiger partial charge in [0.2, 0.25) is 10.0 Å². The SMILES string of the molecule is CS(=O)(=O)n1c2c(c3ccccc31)C(=O)C(C#N)CC2. The zero-order valence-electron chi connectivity index (χ0n) is 10.8. The number of Topliss-reactive ketones (excluding diaryl/α,β-unsaturated/α-hetero) is 1. The molecule has 0 fully saturated rings. The van der Waals surface area contributed by atoms with Crippen LogP contribution in [0.25, 0.3) is 10.9 Å². The number of fused-ring (bicyclic) bond motifs is 3. The molecule has 1 heterocycles. The zero-order valence-corrected chi connectivity index (χ0v) is 11.6. The summed E-state index contributed by atoms with van der Waals surface area (Å²) in [7, 11) is -3.49. The molecule has 1 aliphatic carbocycles. The Morgan fingerprint density at radius 3 is 2.70 bits per heavy atom. The average molecular weight is 288 g/mol. The highest BCUT2D eigenvalue weighted by molar-refractivity contribution is 7.89. The minimum Gasteiger partial charge on any atom is -0.293 e. The first-order valence-corrected chi connectivity index (χ1v) is 8.06. The van der Waals surface area contributed by atoms with E-state index in [-0.39, 0.29) is 5.78 Å². The van der Waals surface area contributed by atoms with Crippen molar-refractivity contribution in [2.75, 3.05) is 6.26 Å². The fourth-order valence-corrected chi connectivity index (χ4v) is 3.95. The lowest BCUT2D eigenvalue weighted by molar-refractivity contribution is 0.0936. The summed E-state index contributed by atoms with van der Waals surface area (Å²) in [5.74, 6) is -0.950. The van der Waals surface area contributed by atoms with Crippen LogP contribution in [-0.2, 0) is 16.4 Å². The highest BCUT2D eigenvalue weighted by Crippen LogP contribution is 2.34. The fraction of sp³-hybridized carbons (Fsp3) is 0.286. The van der Waals surface area contributed by atoms with E-state index < -0.39 is 15.9 Å². The number of hydrogen-bond acceptors (Lipinski definition) is 4. The number of rotatable bonds is 1. The molecule has 20 heavy (non-hydrogen) atoms. The van der Waals surface area contributed by atoms with Crippen molar-refractivity contribution in [2.45, 2.75) is 12.8 Å². The normalized spacial score (nSPS) is 18.8. The fourth-order valence-electron chi connectivity index (χ4n) is 2.85. The van der Waals surface area contributed by atoms with E-state index in [4.69, 9.17) is 5.26 Å². The lowest BCUT2D eigenvalue weighted by Gasteiger charge is -2.17. The first-order valence-electron chi connectivity index (χ1n) is 6.22. The van der Waals surface area contributed by atoms with Gasteiger partial charge in [-0.1, -0.05) is 18.2 Å². The Morgan fingerprint density at radius 2 is 2.05 bits per heavy atom. The summed E-state index contributed by atoms with van der Waals surface area (Å²) in [5, 5.41) is 9.64. The van der Waals surface area contributed by atoms with Crippen LogP contribution in [0.1, 0.15) is 22.5 Å². The summed E-state index contributed by atoms with van der Waals surface area (Å²) in [4.78, 5) is 12.4. The van der Waals surface area contributed by atoms with Gasteiger partial charge in [-0.15, -0.1) is 0 Å². The van der Waals surface area contributed by atoms with Gasteiger partial charge in [0.05, 0.1) is 17.8 Å². The molecular formula is C14H12N2O3S. The molecule has 0 saturated carbocycles. The monoisotopic (exact) mass is 288 g/mol. The van der Waals surface area contributed by atoms with Gasteiger partial charge < -0.3 is 0 Å². The van der Waals surface area contributed by atoms with Gasteiger partial charge in [0.15, 0.2) is 5.78 Å². The van der Waals surface area contributed by atoms with Gasteiger partial charge in [-0.05, 0) is 18.9 Å². The van der Waals surface area contributed by atoms with Crippen molar-refractivity contribution in [1.82, 2.24) is 3.97 Å². The van der Waals surface area contributed by atoms with E-state index in [0.717, 1.165) is 6.26 Å². The molecule has 6 heteroatoms. The molecule has 0 amide bonds. The van der Waals surface area contributed by atoms with E-state index >= 15 is 0 Å². The molecule has 0 N–H and O–H groups in total. The van der Waals surface area contributed by atoms with Crippen molar-refractivity contribution >= 4 is 26.7 Å². The van der Waals surface area contributed by atoms with Crippen molar-refractivity contribution in [3.05, 3.63) is 35.5 Å². The third kappa shape index (κ3) is 1.67. The molecule has 1 aliphatic rings. The number of para-hydroxylation sites is 1. The van der Waals surface area contributed by atoms with Crippen LogP contribution in [0.15, 0.2) is 24.3 Å². The second kappa shape index (κ2) is 4.18. The molecule has 2 aromatic rings. The minimum absolute atomic E-state index is 0.271. The summed E-state index contributed by atoms with van der Waals surface area (Å²) < 4.78 is 25.3. The molecule has 1 aromatic heterocycles. The Kier molecular flexibility index (Phi) is 2.69. The molecule has 1 unspecified atom stereocenters. The lowest BCUT2D eigenvalue weighted by atomic mass is 9.86. The molecule has 1 atom stereocenters. The number of ketones is 1. The highest BCUT2D eigenvalue weighted by Gasteiger charge is 2.34. The Hall–Kier alpha value is -2.13. The molecule has 0 spiro atoms. The lowest BCUT2D eigenvalue weighted by Crippen LogP contribution is -2.24. The van der Waals surface area contributed by atoms with Gasteiger partial charge in [-0.3, -0.25) is 4.79 Å². The van der Waals surface area contributed by atoms with E-state index in [9.17, 15) is 13.2 Å². The Bertz CT molecular complexity index is 872. The molecule has 102 valence electrons. The van der Waals surface area contributed by atoms with Crippen molar-refractivity contribution in [3.8, 4) is 6.07 Å². The van der Waals surface area contributed by atoms with E-state index in [1.165, 1.54) is 3.97 Å². The van der Waals surface area contributed by atoms with Gasteiger partial charge in [-0.25, -0.2) is 12.4 Å². The van der Waals surface area contributed by atoms with E-state index in [2.05, 4.69) is 0 Å². The number of nitrogens with zero attached hydrogens (tertiary/aromatic N) is 2. The zero-order chi connectivity index (χ0) is 14.5. The van der Waals surface area contributed by atoms with Crippen molar-refractivity contribution in [3.63, 3.8) is 0 Å². The second-order valence-electron chi connectivity index (χ2n) is 4.95. The van der Waals surface area contributed by atoms with Crippen LogP contribution < -0.4 is 0 Å². The molecule has 0 bridgehead atoms. The number of carbonyl (C=O) groups is 1. The Morgan fingerprint density at radius 1 is 1.35 bits per heavy atom. The smallest absolute Gasteiger partial charge is 0.236 e. The molecule has 5 nitrogen and oxygen atoms in total. The minimum atomic E-state index is -3.49. The predicted octanol–water partition coefficient (Wildman–Crippen LogP) is 1.72. The van der Waals surface area contributed by atoms with Gasteiger partial charge in [0, 0.05) is 16.6 Å². The molecule has 1 aromatic carbocycles. The van der Waals surface area contributed by atoms with Gasteiger partial charge in [-0.2, -0.15) is 5.26 Å². The first-order chi connectivity index (χ1) is 9.45. The predicted molar refractivity (Wildman–Crippen MR) is 73.9 cm³/mol. The van der Waals surface area contributed by atoms with E-state index in [1.54, 1.807) is 24.3 Å². The van der Waals surface area contributed by atoms with Crippen LogP contribution in [-0.4, -0.2) is 24.4 Å². The number of hydrogen-bond donors (Lipinski definition) is 0. The number of nitriles is 1. The molecule has 0 aliphatic heterocycles. The summed E-state index contributed by atoms with van der Waals surface area (Å²) in [6.45, 7) is 0. The third-order valence-electron chi connectivity index (χ3n) is 3.65. The summed E-state index contributed by atoms with van der Waals surface area (Å²) in [6, 6.07) is 8.91. The topological polar surface area (TPSA) is 79.9 Å². The largest absolute Gasteiger partial charge is 0.293 e. The maximum absolute atomic E-state index is 12.4. The van der Waals surface area contributed by atoms with Crippen LogP contribution in [0, 0.1) is 17.2 Å². The van der Waals surface area contributed by atoms with Crippen LogP contribution in [0.5, 0.6) is 0 Å². The number of benzene rings is 1. The van der Waals surface area contributed by atoms with Gasteiger partial charge in [0.1, 0.15) is 5.92 Å². The van der Waals surface area contributed by atoms with E-state index in [0.29, 0.717) is 35.0 Å². The standard InChI is InChI=1S/C14H12N2O3S/c1-20(18,19)16-11-5-3-2-4-10(11)13-12(16)7-6-9(8-15)14(13)17/h2-5,9H,6-7H2,1H3. The number of carbonyl (C=O) groups excluding carboxylic acids is 1. The molecule has 3 rings (SSSR count). The summed E-state index contributed by atoms with van der Waals surface area (Å²) in [5.41, 5.74) is 1.40. The first kappa shape index (κ1) is 12.9. The van der Waals surface area contributed by atoms with Crippen LogP contribution >= 0.6 is 0 Å². The van der Waals surface area contributed by atoms with Crippen molar-refractivity contribution in [1.29, 1.82) is 5.26 Å². The Labute approximate surface area is 116 Å². The highest BCUT2D eigenvalue weighted by atomic mass is 32.2. The van der Waals surface area contributed by atoms with Crippen LogP contribution in [0.2, 0.25) is 0 Å². The van der Waals surface area contributed by atoms with Crippen LogP contribution in [0.4, 0.5) is 0 Å². The number of aromatic nitrogens is 1. The molecule has 0 radical (unpaired) electrons. The van der Waals surface area contributed by atoms with Gasteiger partial charge in [0.25, 0.3) is 0 Å². The second-order valence-corrected chi connectivity index (χ2v) is 6.78. The summed E-state index contributed by atoms with van der Waals surface area (Å²) in [6.07, 6.45) is 1.91. The molecular weight excluding hydrogens is 276 g/mol. The average Bonchev–Trinajstić information content (AvgIpc) is 2.73. The summed E-state index contributed by atoms with van der Waals surface area (Å²) >= 11 is 0. The van der Waals surface area contributed by atoms with Crippen molar-refractivity contribution < 1.29 is 13.2 Å². The maximum Gasteiger partial charge on any atom is 0.236 e. The van der Waals surface area contributed by atoms with Gasteiger partial charge >= 0.3 is 0 Å². The quantitative estimate of drug-likeness (QED) is 0.800. The van der Waals surface area contributed by atoms with Crippen LogP contribution in [0.3, 0.4) is 0 Å². The van der Waals surface area contributed by atoms with Crippen molar-refractivity contribution in [2.24, 2.45) is 5.92 Å². The van der Waals surface area contributed by atoms with E-state index in [1.807, 2.05) is 6.07 Å². The maximum atomic E-state index is 12.4.